The fourth-order valence-corrected chi connectivity index (χ4v) is 8.84. The lowest BCUT2D eigenvalue weighted by Crippen LogP contribution is -2.24. The van der Waals surface area contributed by atoms with E-state index in [1.165, 1.54) is 18.4 Å². The topological polar surface area (TPSA) is 34.1 Å². The Kier molecular flexibility index (Phi) is 8.35. The quantitative estimate of drug-likeness (QED) is 0.405. The molecule has 1 aliphatic rings. The molecule has 1 saturated carbocycles. The van der Waals surface area contributed by atoms with Gasteiger partial charge in [0, 0.05) is 17.4 Å². The van der Waals surface area contributed by atoms with Gasteiger partial charge in [-0.05, 0) is 50.7 Å². The summed E-state index contributed by atoms with van der Waals surface area (Å²) in [5.41, 5.74) is 4.00. The molecule has 2 nitrogen and oxygen atoms in total. The molecule has 2 rings (SSSR count). The Hall–Kier alpha value is -0.880. The maximum atomic E-state index is 14.4. The number of benzene rings is 1. The number of carbonyl (C=O) groups is 1. The van der Waals surface area contributed by atoms with Crippen molar-refractivity contribution in [3.8, 4) is 0 Å². The van der Waals surface area contributed by atoms with Gasteiger partial charge >= 0.3 is 0 Å². The van der Waals surface area contributed by atoms with Gasteiger partial charge in [0.15, 0.2) is 7.14 Å². The summed E-state index contributed by atoms with van der Waals surface area (Å²) in [7, 11) is -2.93. The molecule has 0 N–H and O–H groups in total. The van der Waals surface area contributed by atoms with Crippen molar-refractivity contribution in [2.75, 3.05) is 6.16 Å². The molecule has 0 amide bonds. The summed E-state index contributed by atoms with van der Waals surface area (Å²) < 4.78 is 14.4. The molecule has 3 heteroatoms. The van der Waals surface area contributed by atoms with E-state index in [0.717, 1.165) is 61.6 Å². The van der Waals surface area contributed by atoms with Crippen molar-refractivity contribution in [1.29, 1.82) is 0 Å². The van der Waals surface area contributed by atoms with Crippen molar-refractivity contribution in [1.82, 2.24) is 0 Å². The van der Waals surface area contributed by atoms with Crippen LogP contribution in [0.25, 0.3) is 0 Å². The van der Waals surface area contributed by atoms with Crippen LogP contribution in [0.1, 0.15) is 98.7 Å². The molecular weight excluding hydrogens is 351 g/mol. The van der Waals surface area contributed by atoms with E-state index in [-0.39, 0.29) is 11.2 Å². The summed E-state index contributed by atoms with van der Waals surface area (Å²) >= 11 is 0. The first-order valence-corrected chi connectivity index (χ1v) is 13.0. The third-order valence-corrected chi connectivity index (χ3v) is 10.1. The van der Waals surface area contributed by atoms with Gasteiger partial charge in [-0.3, -0.25) is 4.79 Å². The summed E-state index contributed by atoms with van der Waals surface area (Å²) in [6, 6.07) is 4.14. The first-order valence-electron chi connectivity index (χ1n) is 11.0. The van der Waals surface area contributed by atoms with Crippen LogP contribution < -0.4 is 0 Å². The van der Waals surface area contributed by atoms with Crippen molar-refractivity contribution < 1.29 is 9.36 Å². The Morgan fingerprint density at radius 2 is 1.67 bits per heavy atom. The zero-order valence-electron chi connectivity index (χ0n) is 18.1. The molecule has 152 valence electrons. The maximum absolute atomic E-state index is 14.4. The highest BCUT2D eigenvalue weighted by atomic mass is 31.2. The number of aryl methyl sites for hydroxylation is 3. The highest BCUT2D eigenvalue weighted by Crippen LogP contribution is 2.60. The minimum Gasteiger partial charge on any atom is -0.315 e. The van der Waals surface area contributed by atoms with Crippen LogP contribution in [0.5, 0.6) is 0 Å². The predicted molar refractivity (Wildman–Crippen MR) is 118 cm³/mol. The lowest BCUT2D eigenvalue weighted by molar-refractivity contribution is 0.107. The Morgan fingerprint density at radius 1 is 1.07 bits per heavy atom. The van der Waals surface area contributed by atoms with Crippen LogP contribution >= 0.6 is 7.14 Å². The van der Waals surface area contributed by atoms with E-state index in [1.807, 2.05) is 13.8 Å². The Balaban J connectivity index is 2.42. The SMILES string of the molecule is CCCCC(CC)CP(=O)(C(=O)c1c(C)cc(C)cc1C)C1CCCCC1. The largest absolute Gasteiger partial charge is 0.315 e. The second-order valence-corrected chi connectivity index (χ2v) is 11.9. The van der Waals surface area contributed by atoms with Gasteiger partial charge < -0.3 is 4.57 Å². The minimum absolute atomic E-state index is 0.0145. The molecule has 0 spiro atoms. The van der Waals surface area contributed by atoms with E-state index >= 15 is 0 Å². The molecular formula is C24H39O2P. The molecule has 1 fully saturated rings. The molecule has 0 heterocycles. The van der Waals surface area contributed by atoms with E-state index < -0.39 is 7.14 Å². The Labute approximate surface area is 166 Å². The smallest absolute Gasteiger partial charge is 0.222 e. The zero-order chi connectivity index (χ0) is 20.0. The van der Waals surface area contributed by atoms with Crippen molar-refractivity contribution >= 4 is 12.7 Å². The van der Waals surface area contributed by atoms with Crippen LogP contribution in [0.2, 0.25) is 0 Å². The number of hydrogen-bond donors (Lipinski definition) is 0. The summed E-state index contributed by atoms with van der Waals surface area (Å²) in [6.07, 6.45) is 10.5. The van der Waals surface area contributed by atoms with Gasteiger partial charge in [-0.15, -0.1) is 0 Å². The minimum atomic E-state index is -2.93. The molecule has 0 saturated heterocycles. The molecule has 1 aromatic carbocycles. The van der Waals surface area contributed by atoms with Crippen molar-refractivity contribution in [2.45, 2.75) is 98.1 Å². The number of rotatable bonds is 9. The molecule has 2 atom stereocenters. The third kappa shape index (κ3) is 5.35. The van der Waals surface area contributed by atoms with Crippen LogP contribution in [-0.2, 0) is 4.57 Å². The van der Waals surface area contributed by atoms with Gasteiger partial charge in [-0.25, -0.2) is 0 Å². The third-order valence-electron chi connectivity index (χ3n) is 6.47. The molecule has 0 bridgehead atoms. The van der Waals surface area contributed by atoms with Gasteiger partial charge in [0.2, 0.25) is 5.52 Å². The van der Waals surface area contributed by atoms with E-state index in [9.17, 15) is 9.36 Å². The molecule has 0 radical (unpaired) electrons. The lowest BCUT2D eigenvalue weighted by Gasteiger charge is -2.33. The number of unbranched alkanes of at least 4 members (excludes halogenated alkanes) is 1. The summed E-state index contributed by atoms with van der Waals surface area (Å²) in [5, 5.41) is 0. The van der Waals surface area contributed by atoms with E-state index in [4.69, 9.17) is 0 Å². The molecule has 1 aliphatic carbocycles. The zero-order valence-corrected chi connectivity index (χ0v) is 19.0. The Bertz CT molecular complexity index is 663. The number of hydrogen-bond acceptors (Lipinski definition) is 2. The summed E-state index contributed by atoms with van der Waals surface area (Å²) in [6.45, 7) is 10.5. The first kappa shape index (κ1) is 22.4. The van der Waals surface area contributed by atoms with Crippen LogP contribution in [-0.4, -0.2) is 17.3 Å². The van der Waals surface area contributed by atoms with E-state index in [0.29, 0.717) is 12.1 Å². The molecule has 0 aliphatic heterocycles. The highest BCUT2D eigenvalue weighted by molar-refractivity contribution is 7.81. The number of carbonyl (C=O) groups excluding carboxylic acids is 1. The fraction of sp³-hybridized carbons (Fsp3) is 0.708. The first-order chi connectivity index (χ1) is 12.8. The van der Waals surface area contributed by atoms with Crippen molar-refractivity contribution in [2.24, 2.45) is 5.92 Å². The van der Waals surface area contributed by atoms with Crippen molar-refractivity contribution in [3.05, 3.63) is 34.4 Å². The second kappa shape index (κ2) is 10.1. The van der Waals surface area contributed by atoms with Crippen molar-refractivity contribution in [3.63, 3.8) is 0 Å². The standard InChI is InChI=1S/C24H39O2P/c1-6-8-12-21(7-2)17-27(26,22-13-10-9-11-14-22)24(25)23-19(4)15-18(3)16-20(23)5/h15-16,21-22H,6-14,17H2,1-5H3. The molecule has 1 aromatic rings. The van der Waals surface area contributed by atoms with Crippen LogP contribution in [0.4, 0.5) is 0 Å². The average molecular weight is 391 g/mol. The molecule has 0 aromatic heterocycles. The van der Waals surface area contributed by atoms with E-state index in [1.54, 1.807) is 0 Å². The highest BCUT2D eigenvalue weighted by Gasteiger charge is 2.43. The summed E-state index contributed by atoms with van der Waals surface area (Å²) in [5.74, 6) is 0.410. The normalized spacial score (nSPS) is 18.9. The van der Waals surface area contributed by atoms with Gasteiger partial charge in [0.1, 0.15) is 0 Å². The Morgan fingerprint density at radius 3 is 2.19 bits per heavy atom. The second-order valence-electron chi connectivity index (χ2n) is 8.77. The predicted octanol–water partition coefficient (Wildman–Crippen LogP) is 7.66. The molecule has 27 heavy (non-hydrogen) atoms. The monoisotopic (exact) mass is 390 g/mol. The van der Waals surface area contributed by atoms with Crippen LogP contribution in [0.3, 0.4) is 0 Å². The molecule has 2 unspecified atom stereocenters. The lowest BCUT2D eigenvalue weighted by atomic mass is 10.00. The fourth-order valence-electron chi connectivity index (χ4n) is 4.90. The van der Waals surface area contributed by atoms with Crippen LogP contribution in [0.15, 0.2) is 12.1 Å². The van der Waals surface area contributed by atoms with Crippen LogP contribution in [0, 0.1) is 26.7 Å². The van der Waals surface area contributed by atoms with E-state index in [2.05, 4.69) is 32.9 Å². The summed E-state index contributed by atoms with van der Waals surface area (Å²) in [4.78, 5) is 13.8. The maximum Gasteiger partial charge on any atom is 0.222 e. The van der Waals surface area contributed by atoms with Gasteiger partial charge in [-0.1, -0.05) is 76.5 Å². The van der Waals surface area contributed by atoms with Gasteiger partial charge in [0.05, 0.1) is 0 Å². The van der Waals surface area contributed by atoms with Gasteiger partial charge in [0.25, 0.3) is 0 Å². The average Bonchev–Trinajstić information content (AvgIpc) is 2.64. The van der Waals surface area contributed by atoms with Gasteiger partial charge in [-0.2, -0.15) is 0 Å².